The fourth-order valence-electron chi connectivity index (χ4n) is 1.89. The highest BCUT2D eigenvalue weighted by Crippen LogP contribution is 2.28. The van der Waals surface area contributed by atoms with Crippen LogP contribution in [0.4, 0.5) is 0 Å². The number of likely N-dealkylation sites (N-methyl/N-ethyl adjacent to an activating group) is 1. The lowest BCUT2D eigenvalue weighted by molar-refractivity contribution is -0.144. The number of aromatic nitrogens is 3. The van der Waals surface area contributed by atoms with Crippen LogP contribution in [0, 0.1) is 0 Å². The van der Waals surface area contributed by atoms with Crippen molar-refractivity contribution in [3.8, 4) is 0 Å². The summed E-state index contributed by atoms with van der Waals surface area (Å²) in [7, 11) is 3.48. The lowest BCUT2D eigenvalue weighted by Crippen LogP contribution is -2.49. The van der Waals surface area contributed by atoms with Crippen LogP contribution in [-0.2, 0) is 17.4 Å². The van der Waals surface area contributed by atoms with Gasteiger partial charge in [-0.2, -0.15) is 0 Å². The van der Waals surface area contributed by atoms with Crippen molar-refractivity contribution in [1.29, 1.82) is 0 Å². The van der Waals surface area contributed by atoms with E-state index < -0.39 is 11.5 Å². The molecule has 1 heterocycles. The first-order chi connectivity index (χ1) is 9.60. The molecule has 106 valence electrons. The lowest BCUT2D eigenvalue weighted by atomic mass is 9.92. The maximum atomic E-state index is 11.8. The zero-order valence-electron chi connectivity index (χ0n) is 11.3. The first kappa shape index (κ1) is 14.5. The zero-order valence-corrected chi connectivity index (χ0v) is 12.1. The molecular formula is C13H16N4O2S. The first-order valence-corrected chi connectivity index (χ1v) is 7.03. The Kier molecular flexibility index (Phi) is 4.41. The van der Waals surface area contributed by atoms with E-state index in [4.69, 9.17) is 0 Å². The summed E-state index contributed by atoms with van der Waals surface area (Å²) in [5.74, 6) is -0.601. The molecule has 20 heavy (non-hydrogen) atoms. The van der Waals surface area contributed by atoms with Crippen molar-refractivity contribution in [2.75, 3.05) is 12.8 Å². The van der Waals surface area contributed by atoms with Crippen LogP contribution in [0.5, 0.6) is 0 Å². The smallest absolute Gasteiger partial charge is 0.329 e. The van der Waals surface area contributed by atoms with Crippen LogP contribution in [0.25, 0.3) is 0 Å². The molecule has 1 aromatic carbocycles. The monoisotopic (exact) mass is 292 g/mol. The topological polar surface area (TPSA) is 80.0 Å². The minimum atomic E-state index is -1.15. The summed E-state index contributed by atoms with van der Waals surface area (Å²) >= 11 is 1.35. The summed E-state index contributed by atoms with van der Waals surface area (Å²) in [4.78, 5) is 11.8. The van der Waals surface area contributed by atoms with E-state index in [2.05, 4.69) is 15.5 Å². The fraction of sp³-hybridized carbons (Fsp3) is 0.308. The quantitative estimate of drug-likeness (QED) is 0.776. The third-order valence-corrected chi connectivity index (χ3v) is 4.35. The highest BCUT2D eigenvalue weighted by atomic mass is 32.2. The number of aliphatic carboxylic acids is 1. The Bertz CT molecular complexity index is 587. The lowest BCUT2D eigenvalue weighted by Gasteiger charge is -2.29. The minimum Gasteiger partial charge on any atom is -0.480 e. The highest BCUT2D eigenvalue weighted by Gasteiger charge is 2.39. The molecule has 1 aromatic heterocycles. The Morgan fingerprint density at radius 3 is 2.65 bits per heavy atom. The van der Waals surface area contributed by atoms with E-state index in [9.17, 15) is 9.90 Å². The standard InChI is InChI=1S/C13H16N4O2S/c1-14-13(11(18)19,10-6-4-3-5-7-10)8-20-12-16-15-9-17(12)2/h3-7,9,14H,8H2,1-2H3,(H,18,19). The van der Waals surface area contributed by atoms with Crippen LogP contribution in [-0.4, -0.2) is 38.6 Å². The number of aryl methyl sites for hydroxylation is 1. The fourth-order valence-corrected chi connectivity index (χ4v) is 3.03. The molecule has 0 aliphatic rings. The van der Waals surface area contributed by atoms with Crippen LogP contribution in [0.15, 0.2) is 41.8 Å². The van der Waals surface area contributed by atoms with Crippen molar-refractivity contribution in [2.45, 2.75) is 10.7 Å². The predicted octanol–water partition coefficient (Wildman–Crippen LogP) is 1.11. The molecule has 0 saturated heterocycles. The van der Waals surface area contributed by atoms with Crippen molar-refractivity contribution in [1.82, 2.24) is 20.1 Å². The number of carbonyl (C=O) groups is 1. The Morgan fingerprint density at radius 2 is 2.15 bits per heavy atom. The normalized spacial score (nSPS) is 13.9. The maximum absolute atomic E-state index is 11.8. The van der Waals surface area contributed by atoms with Gasteiger partial charge in [-0.3, -0.25) is 0 Å². The number of nitrogens with one attached hydrogen (secondary N) is 1. The predicted molar refractivity (Wildman–Crippen MR) is 76.5 cm³/mol. The molecule has 0 bridgehead atoms. The van der Waals surface area contributed by atoms with E-state index in [-0.39, 0.29) is 0 Å². The average Bonchev–Trinajstić information content (AvgIpc) is 2.86. The summed E-state index contributed by atoms with van der Waals surface area (Å²) in [6.45, 7) is 0. The molecule has 0 fully saturated rings. The van der Waals surface area contributed by atoms with E-state index in [1.54, 1.807) is 17.9 Å². The minimum absolute atomic E-state index is 0.315. The molecule has 2 N–H and O–H groups in total. The van der Waals surface area contributed by atoms with Crippen LogP contribution < -0.4 is 5.32 Å². The Balaban J connectivity index is 2.29. The van der Waals surface area contributed by atoms with Crippen molar-refractivity contribution in [3.05, 3.63) is 42.2 Å². The zero-order chi connectivity index (χ0) is 14.6. The average molecular weight is 292 g/mol. The number of rotatable bonds is 6. The molecule has 0 aliphatic carbocycles. The van der Waals surface area contributed by atoms with Gasteiger partial charge < -0.3 is 15.0 Å². The second-order valence-electron chi connectivity index (χ2n) is 4.34. The molecule has 6 nitrogen and oxygen atoms in total. The van der Waals surface area contributed by atoms with Gasteiger partial charge in [-0.15, -0.1) is 10.2 Å². The number of benzene rings is 1. The van der Waals surface area contributed by atoms with Crippen LogP contribution in [0.3, 0.4) is 0 Å². The first-order valence-electron chi connectivity index (χ1n) is 6.05. The largest absolute Gasteiger partial charge is 0.480 e. The Morgan fingerprint density at radius 1 is 1.45 bits per heavy atom. The van der Waals surface area contributed by atoms with Gasteiger partial charge in [0.05, 0.1) is 0 Å². The summed E-state index contributed by atoms with van der Waals surface area (Å²) in [5, 5.41) is 21.0. The van der Waals surface area contributed by atoms with Gasteiger partial charge in [0.25, 0.3) is 0 Å². The van der Waals surface area contributed by atoms with Crippen molar-refractivity contribution < 1.29 is 9.90 Å². The summed E-state index contributed by atoms with van der Waals surface area (Å²) in [6.07, 6.45) is 1.59. The van der Waals surface area contributed by atoms with E-state index in [1.165, 1.54) is 11.8 Å². The molecular weight excluding hydrogens is 276 g/mol. The second-order valence-corrected chi connectivity index (χ2v) is 5.28. The molecule has 1 unspecified atom stereocenters. The molecule has 2 rings (SSSR count). The van der Waals surface area contributed by atoms with E-state index in [0.29, 0.717) is 16.5 Å². The van der Waals surface area contributed by atoms with Crippen LogP contribution >= 0.6 is 11.8 Å². The Hall–Kier alpha value is -1.86. The molecule has 0 aliphatic heterocycles. The van der Waals surface area contributed by atoms with Crippen LogP contribution in [0.1, 0.15) is 5.56 Å². The van der Waals surface area contributed by atoms with E-state index in [1.807, 2.05) is 37.4 Å². The molecule has 7 heteroatoms. The molecule has 0 radical (unpaired) electrons. The molecule has 0 saturated carbocycles. The summed E-state index contributed by atoms with van der Waals surface area (Å²) in [6, 6.07) is 9.14. The van der Waals surface area contributed by atoms with Gasteiger partial charge in [-0.1, -0.05) is 42.1 Å². The highest BCUT2D eigenvalue weighted by molar-refractivity contribution is 7.99. The Labute approximate surface area is 121 Å². The maximum Gasteiger partial charge on any atom is 0.329 e. The van der Waals surface area contributed by atoms with Gasteiger partial charge >= 0.3 is 5.97 Å². The van der Waals surface area contributed by atoms with Crippen molar-refractivity contribution in [3.63, 3.8) is 0 Å². The summed E-state index contributed by atoms with van der Waals surface area (Å²) < 4.78 is 1.76. The van der Waals surface area contributed by atoms with Crippen molar-refractivity contribution in [2.24, 2.45) is 7.05 Å². The number of hydrogen-bond donors (Lipinski definition) is 2. The van der Waals surface area contributed by atoms with Gasteiger partial charge in [0.1, 0.15) is 6.33 Å². The van der Waals surface area contributed by atoms with Gasteiger partial charge in [-0.25, -0.2) is 4.79 Å². The number of carboxylic acid groups (broad SMARTS) is 1. The number of hydrogen-bond acceptors (Lipinski definition) is 5. The SMILES string of the molecule is CNC(CSc1nncn1C)(C(=O)O)c1ccccc1. The third kappa shape index (κ3) is 2.68. The molecule has 1 atom stereocenters. The summed E-state index contributed by atoms with van der Waals surface area (Å²) in [5.41, 5.74) is -0.442. The number of nitrogens with zero attached hydrogens (tertiary/aromatic N) is 3. The molecule has 0 spiro atoms. The van der Waals surface area contributed by atoms with Gasteiger partial charge in [0.15, 0.2) is 10.7 Å². The molecule has 2 aromatic rings. The van der Waals surface area contributed by atoms with Crippen molar-refractivity contribution >= 4 is 17.7 Å². The number of thioether (sulfide) groups is 1. The van der Waals surface area contributed by atoms with Crippen LogP contribution in [0.2, 0.25) is 0 Å². The van der Waals surface area contributed by atoms with Gasteiger partial charge in [-0.05, 0) is 12.6 Å². The molecule has 0 amide bonds. The van der Waals surface area contributed by atoms with E-state index >= 15 is 0 Å². The number of carboxylic acids is 1. The van der Waals surface area contributed by atoms with Gasteiger partial charge in [0, 0.05) is 12.8 Å². The van der Waals surface area contributed by atoms with Gasteiger partial charge in [0.2, 0.25) is 0 Å². The van der Waals surface area contributed by atoms with E-state index in [0.717, 1.165) is 0 Å². The third-order valence-electron chi connectivity index (χ3n) is 3.15. The second kappa shape index (κ2) is 6.06.